The number of anilines is 1. The van der Waals surface area contributed by atoms with Crippen LogP contribution in [0.3, 0.4) is 0 Å². The van der Waals surface area contributed by atoms with Crippen LogP contribution in [-0.4, -0.2) is 47.3 Å². The van der Waals surface area contributed by atoms with Crippen LogP contribution < -0.4 is 11.1 Å². The van der Waals surface area contributed by atoms with Crippen molar-refractivity contribution >= 4 is 44.7 Å². The molecular formula is C25H32Cl2FN7S. The molecule has 2 aromatic carbocycles. The van der Waals surface area contributed by atoms with Crippen LogP contribution in [0.5, 0.6) is 0 Å². The van der Waals surface area contributed by atoms with Crippen LogP contribution in [0.4, 0.5) is 10.1 Å². The first-order chi connectivity index (χ1) is 17.2. The molecule has 194 valence electrons. The molecule has 3 fully saturated rings. The van der Waals surface area contributed by atoms with Gasteiger partial charge in [0, 0.05) is 48.0 Å². The minimum Gasteiger partial charge on any atom is -0.382 e. The van der Waals surface area contributed by atoms with Crippen molar-refractivity contribution in [2.45, 2.75) is 50.6 Å². The molecule has 5 N–H and O–H groups in total. The van der Waals surface area contributed by atoms with E-state index in [2.05, 4.69) is 14.6 Å². The van der Waals surface area contributed by atoms with Crippen LogP contribution >= 0.6 is 23.2 Å². The fraction of sp³-hybridized carbons (Fsp3) is 0.480. The van der Waals surface area contributed by atoms with E-state index in [-0.39, 0.29) is 17.4 Å². The summed E-state index contributed by atoms with van der Waals surface area (Å²) < 4.78 is 37.6. The molecule has 0 spiro atoms. The van der Waals surface area contributed by atoms with Crippen molar-refractivity contribution in [3.63, 3.8) is 0 Å². The molecule has 0 radical (unpaired) electrons. The van der Waals surface area contributed by atoms with Gasteiger partial charge in [-0.05, 0) is 86.0 Å². The second-order valence-corrected chi connectivity index (χ2v) is 12.7. The van der Waals surface area contributed by atoms with Gasteiger partial charge in [0.25, 0.3) is 0 Å². The Morgan fingerprint density at radius 2 is 1.78 bits per heavy atom. The number of halogens is 3. The van der Waals surface area contributed by atoms with E-state index in [0.29, 0.717) is 29.1 Å². The lowest BCUT2D eigenvalue weighted by atomic mass is 10.00. The second kappa shape index (κ2) is 10.5. The summed E-state index contributed by atoms with van der Waals surface area (Å²) in [5, 5.41) is 4.88. The zero-order valence-corrected chi connectivity index (χ0v) is 22.4. The summed E-state index contributed by atoms with van der Waals surface area (Å²) in [5.74, 6) is -0.160. The van der Waals surface area contributed by atoms with Gasteiger partial charge in [0.1, 0.15) is 21.6 Å². The molecular weight excluding hydrogens is 520 g/mol. The van der Waals surface area contributed by atoms with Crippen LogP contribution in [0.1, 0.15) is 54.7 Å². The normalized spacial score (nSPS) is 21.9. The Balaban J connectivity index is 1.33. The van der Waals surface area contributed by atoms with Gasteiger partial charge in [-0.2, -0.15) is 4.40 Å². The van der Waals surface area contributed by atoms with Gasteiger partial charge in [-0.25, -0.2) is 18.3 Å². The molecule has 2 aromatic rings. The molecule has 7 nitrogen and oxygen atoms in total. The molecule has 36 heavy (non-hydrogen) atoms. The van der Waals surface area contributed by atoms with E-state index in [1.165, 1.54) is 6.07 Å². The Morgan fingerprint density at radius 3 is 2.42 bits per heavy atom. The smallest absolute Gasteiger partial charge is 0.144 e. The fourth-order valence-corrected chi connectivity index (χ4v) is 6.80. The first-order valence-electron chi connectivity index (χ1n) is 12.4. The van der Waals surface area contributed by atoms with Gasteiger partial charge in [-0.1, -0.05) is 23.2 Å². The average molecular weight is 553 g/mol. The van der Waals surface area contributed by atoms with Crippen LogP contribution in [0, 0.1) is 15.4 Å². The molecule has 2 heterocycles. The molecule has 2 aliphatic heterocycles. The van der Waals surface area contributed by atoms with Crippen molar-refractivity contribution in [2.75, 3.05) is 31.5 Å². The van der Waals surface area contributed by atoms with Crippen molar-refractivity contribution < 1.29 is 4.39 Å². The lowest BCUT2D eigenvalue weighted by Crippen LogP contribution is -2.41. The standard InChI is InChI=1S/C25H32Cl2FN7S/c26-18-9-16(10-19(27)11-18)14-34-6-1-3-20(15-34)32-24-13-23(28)22(12-21(24)17-4-5-17)25(29)33-36(30,31)35-7-2-8-35/h9-13,17,20,32H,1-8,14-15H2,(H4,29,30,31,33)/t20-/m1/s1. The maximum atomic E-state index is 15.3. The molecule has 11 heteroatoms. The third kappa shape index (κ3) is 5.97. The zero-order chi connectivity index (χ0) is 25.4. The van der Waals surface area contributed by atoms with Crippen LogP contribution in [0.2, 0.25) is 10.0 Å². The van der Waals surface area contributed by atoms with Gasteiger partial charge in [0.05, 0.1) is 5.56 Å². The summed E-state index contributed by atoms with van der Waals surface area (Å²) in [6.07, 6.45) is 5.11. The molecule has 0 aromatic heterocycles. The molecule has 0 unspecified atom stereocenters. The quantitative estimate of drug-likeness (QED) is 0.238. The SMILES string of the molecule is N=S(=N)(N=C(N)c1cc(C2CC2)c(N[C@@H]2CCCN(Cc3cc(Cl)cc(Cl)c3)C2)cc1F)N1CCC1. The number of nitrogens with two attached hydrogens (primary N) is 1. The average Bonchev–Trinajstić information content (AvgIpc) is 3.56. The summed E-state index contributed by atoms with van der Waals surface area (Å²) >= 11 is 12.4. The number of rotatable bonds is 8. The van der Waals surface area contributed by atoms with E-state index < -0.39 is 15.8 Å². The van der Waals surface area contributed by atoms with E-state index in [0.717, 1.165) is 68.6 Å². The lowest BCUT2D eigenvalue weighted by molar-refractivity contribution is 0.208. The minimum absolute atomic E-state index is 0.0584. The third-order valence-corrected chi connectivity index (χ3v) is 9.06. The molecule has 5 rings (SSSR count). The van der Waals surface area contributed by atoms with Crippen LogP contribution in [-0.2, 0) is 16.5 Å². The highest BCUT2D eigenvalue weighted by molar-refractivity contribution is 7.90. The minimum atomic E-state index is -2.88. The van der Waals surface area contributed by atoms with Gasteiger partial charge in [0.2, 0.25) is 0 Å². The lowest BCUT2D eigenvalue weighted by Gasteiger charge is -2.34. The Kier molecular flexibility index (Phi) is 7.47. The highest BCUT2D eigenvalue weighted by atomic mass is 35.5. The van der Waals surface area contributed by atoms with E-state index in [9.17, 15) is 0 Å². The van der Waals surface area contributed by atoms with E-state index >= 15 is 4.39 Å². The number of benzene rings is 2. The number of hydrogen-bond donors (Lipinski definition) is 4. The summed E-state index contributed by atoms with van der Waals surface area (Å²) in [4.78, 5) is 2.37. The first-order valence-corrected chi connectivity index (χ1v) is 14.7. The van der Waals surface area contributed by atoms with Gasteiger partial charge in [0.15, 0.2) is 0 Å². The molecule has 1 saturated carbocycles. The molecule has 0 bridgehead atoms. The van der Waals surface area contributed by atoms with Crippen molar-refractivity contribution in [1.29, 1.82) is 9.56 Å². The van der Waals surface area contributed by atoms with Crippen LogP contribution in [0.15, 0.2) is 34.7 Å². The number of nitrogens with zero attached hydrogens (tertiary/aromatic N) is 3. The van der Waals surface area contributed by atoms with Crippen molar-refractivity contribution in [1.82, 2.24) is 9.21 Å². The Labute approximate surface area is 222 Å². The Hall–Kier alpha value is -1.91. The highest BCUT2D eigenvalue weighted by Crippen LogP contribution is 2.44. The number of piperidine rings is 1. The summed E-state index contributed by atoms with van der Waals surface area (Å²) in [5.41, 5.74) is 9.28. The summed E-state index contributed by atoms with van der Waals surface area (Å²) in [7, 11) is -2.88. The van der Waals surface area contributed by atoms with E-state index in [1.54, 1.807) is 16.4 Å². The predicted octanol–water partition coefficient (Wildman–Crippen LogP) is 6.01. The molecule has 3 aliphatic rings. The zero-order valence-electron chi connectivity index (χ0n) is 20.1. The topological polar surface area (TPSA) is 105 Å². The van der Waals surface area contributed by atoms with Gasteiger partial charge >= 0.3 is 0 Å². The second-order valence-electron chi connectivity index (χ2n) is 10.00. The molecule has 0 amide bonds. The van der Waals surface area contributed by atoms with Crippen molar-refractivity contribution in [3.05, 3.63) is 62.9 Å². The summed E-state index contributed by atoms with van der Waals surface area (Å²) in [6, 6.07) is 9.13. The number of likely N-dealkylation sites (tertiary alicyclic amines) is 1. The molecule has 2 saturated heterocycles. The number of amidine groups is 1. The number of hydrogen-bond acceptors (Lipinski definition) is 4. The maximum Gasteiger partial charge on any atom is 0.144 e. The monoisotopic (exact) mass is 551 g/mol. The van der Waals surface area contributed by atoms with Crippen molar-refractivity contribution in [2.24, 2.45) is 10.1 Å². The Morgan fingerprint density at radius 1 is 1.06 bits per heavy atom. The Bertz CT molecular complexity index is 1260. The van der Waals surface area contributed by atoms with Crippen molar-refractivity contribution in [3.8, 4) is 0 Å². The first kappa shape index (κ1) is 25.7. The highest BCUT2D eigenvalue weighted by Gasteiger charge is 2.30. The van der Waals surface area contributed by atoms with E-state index in [1.807, 2.05) is 12.1 Å². The fourth-order valence-electron chi connectivity index (χ4n) is 4.94. The summed E-state index contributed by atoms with van der Waals surface area (Å²) in [6.45, 7) is 3.91. The predicted molar refractivity (Wildman–Crippen MR) is 146 cm³/mol. The van der Waals surface area contributed by atoms with Gasteiger partial charge in [-0.3, -0.25) is 4.90 Å². The molecule has 1 atom stereocenters. The van der Waals surface area contributed by atoms with Crippen LogP contribution in [0.25, 0.3) is 0 Å². The van der Waals surface area contributed by atoms with Gasteiger partial charge in [-0.15, -0.1) is 0 Å². The van der Waals surface area contributed by atoms with E-state index in [4.69, 9.17) is 38.5 Å². The number of nitrogens with one attached hydrogen (secondary N) is 3. The molecule has 1 aliphatic carbocycles. The third-order valence-electron chi connectivity index (χ3n) is 7.05. The van der Waals surface area contributed by atoms with Gasteiger partial charge < -0.3 is 11.1 Å². The largest absolute Gasteiger partial charge is 0.382 e. The maximum absolute atomic E-state index is 15.3.